The Morgan fingerprint density at radius 3 is 2.57 bits per heavy atom. The van der Waals surface area contributed by atoms with E-state index in [-0.39, 0.29) is 17.4 Å². The van der Waals surface area contributed by atoms with Gasteiger partial charge in [0.1, 0.15) is 11.5 Å². The van der Waals surface area contributed by atoms with Gasteiger partial charge >= 0.3 is 6.18 Å². The van der Waals surface area contributed by atoms with Gasteiger partial charge in [0.05, 0.1) is 5.56 Å². The number of hydrogen-bond acceptors (Lipinski definition) is 3. The van der Waals surface area contributed by atoms with Gasteiger partial charge in [-0.1, -0.05) is 6.42 Å². The lowest BCUT2D eigenvalue weighted by Crippen LogP contribution is -2.28. The van der Waals surface area contributed by atoms with Crippen molar-refractivity contribution in [2.75, 3.05) is 5.32 Å². The van der Waals surface area contributed by atoms with E-state index in [4.69, 9.17) is 5.73 Å². The molecule has 2 bridgehead atoms. The third-order valence-corrected chi connectivity index (χ3v) is 4.51. The number of aromatic nitrogens is 1. The first kappa shape index (κ1) is 14.2. The van der Waals surface area contributed by atoms with Gasteiger partial charge in [-0.05, 0) is 43.2 Å². The first-order valence-electron chi connectivity index (χ1n) is 6.99. The summed E-state index contributed by atoms with van der Waals surface area (Å²) in [5.74, 6) is 0.263. The van der Waals surface area contributed by atoms with Crippen molar-refractivity contribution in [3.63, 3.8) is 0 Å². The standard InChI is InChI=1S/C14H16F3N3O/c15-14(16,17)11-4-3-9(12(18)21)13(20-11)19-10-6-7-1-2-8(10)5-7/h3-4,7-8,10H,1-2,5-6H2,(H2,18,21)(H,19,20). The molecule has 0 aliphatic heterocycles. The van der Waals surface area contributed by atoms with E-state index in [0.717, 1.165) is 31.4 Å². The average Bonchev–Trinajstić information content (AvgIpc) is 2.99. The van der Waals surface area contributed by atoms with Gasteiger partial charge in [-0.2, -0.15) is 13.2 Å². The van der Waals surface area contributed by atoms with E-state index in [2.05, 4.69) is 10.3 Å². The zero-order chi connectivity index (χ0) is 15.2. The Balaban J connectivity index is 1.89. The van der Waals surface area contributed by atoms with E-state index in [1.165, 1.54) is 6.42 Å². The second-order valence-electron chi connectivity index (χ2n) is 5.88. The third kappa shape index (κ3) is 2.69. The number of carbonyl (C=O) groups excluding carboxylic acids is 1. The number of rotatable bonds is 3. The fraction of sp³-hybridized carbons (Fsp3) is 0.571. The van der Waals surface area contributed by atoms with Crippen LogP contribution in [0.15, 0.2) is 12.1 Å². The summed E-state index contributed by atoms with van der Waals surface area (Å²) >= 11 is 0. The summed E-state index contributed by atoms with van der Waals surface area (Å²) in [4.78, 5) is 15.0. The topological polar surface area (TPSA) is 68.0 Å². The maximum absolute atomic E-state index is 12.8. The highest BCUT2D eigenvalue weighted by atomic mass is 19.4. The molecule has 1 aromatic rings. The van der Waals surface area contributed by atoms with Crippen molar-refractivity contribution in [2.24, 2.45) is 17.6 Å². The average molecular weight is 299 g/mol. The highest BCUT2D eigenvalue weighted by Crippen LogP contribution is 2.45. The van der Waals surface area contributed by atoms with Crippen molar-refractivity contribution in [1.29, 1.82) is 0 Å². The van der Waals surface area contributed by atoms with Crippen LogP contribution >= 0.6 is 0 Å². The molecule has 3 rings (SSSR count). The largest absolute Gasteiger partial charge is 0.433 e. The molecule has 21 heavy (non-hydrogen) atoms. The Bertz CT molecular complexity index is 573. The lowest BCUT2D eigenvalue weighted by atomic mass is 9.95. The molecule has 0 aromatic carbocycles. The van der Waals surface area contributed by atoms with Crippen molar-refractivity contribution in [2.45, 2.75) is 37.9 Å². The van der Waals surface area contributed by atoms with Crippen LogP contribution in [-0.4, -0.2) is 16.9 Å². The van der Waals surface area contributed by atoms with Crippen LogP contribution in [0.3, 0.4) is 0 Å². The smallest absolute Gasteiger partial charge is 0.366 e. The van der Waals surface area contributed by atoms with Crippen LogP contribution < -0.4 is 11.1 Å². The lowest BCUT2D eigenvalue weighted by molar-refractivity contribution is -0.141. The van der Waals surface area contributed by atoms with E-state index in [9.17, 15) is 18.0 Å². The van der Waals surface area contributed by atoms with Gasteiger partial charge in [-0.25, -0.2) is 4.98 Å². The van der Waals surface area contributed by atoms with Crippen molar-refractivity contribution in [3.05, 3.63) is 23.4 Å². The molecule has 4 nitrogen and oxygen atoms in total. The zero-order valence-corrected chi connectivity index (χ0v) is 11.3. The summed E-state index contributed by atoms with van der Waals surface area (Å²) in [6, 6.07) is 1.96. The van der Waals surface area contributed by atoms with Crippen LogP contribution in [0.4, 0.5) is 19.0 Å². The highest BCUT2D eigenvalue weighted by molar-refractivity contribution is 5.97. The van der Waals surface area contributed by atoms with Crippen LogP contribution in [0.25, 0.3) is 0 Å². The van der Waals surface area contributed by atoms with Crippen LogP contribution in [0.2, 0.25) is 0 Å². The van der Waals surface area contributed by atoms with Crippen LogP contribution in [-0.2, 0) is 6.18 Å². The van der Waals surface area contributed by atoms with E-state index in [1.54, 1.807) is 0 Å². The number of halogens is 3. The molecule has 2 aliphatic rings. The number of alkyl halides is 3. The molecule has 3 unspecified atom stereocenters. The molecule has 3 N–H and O–H groups in total. The minimum absolute atomic E-state index is 0.00535. The minimum Gasteiger partial charge on any atom is -0.366 e. The maximum Gasteiger partial charge on any atom is 0.433 e. The van der Waals surface area contributed by atoms with E-state index in [0.29, 0.717) is 11.8 Å². The number of nitrogens with one attached hydrogen (secondary N) is 1. The molecular formula is C14H16F3N3O. The summed E-state index contributed by atoms with van der Waals surface area (Å²) in [6.07, 6.45) is -0.265. The third-order valence-electron chi connectivity index (χ3n) is 4.51. The number of amides is 1. The molecule has 0 saturated heterocycles. The molecule has 2 fully saturated rings. The second-order valence-corrected chi connectivity index (χ2v) is 5.88. The zero-order valence-electron chi connectivity index (χ0n) is 11.3. The van der Waals surface area contributed by atoms with Crippen molar-refractivity contribution >= 4 is 11.7 Å². The van der Waals surface area contributed by atoms with Crippen LogP contribution in [0.1, 0.15) is 41.7 Å². The summed E-state index contributed by atoms with van der Waals surface area (Å²) < 4.78 is 38.3. The molecule has 1 heterocycles. The number of primary amides is 1. The number of nitrogens with two attached hydrogens (primary N) is 1. The summed E-state index contributed by atoms with van der Waals surface area (Å²) in [5, 5.41) is 3.02. The van der Waals surface area contributed by atoms with Gasteiger partial charge in [0.15, 0.2) is 0 Å². The van der Waals surface area contributed by atoms with E-state index >= 15 is 0 Å². The first-order valence-corrected chi connectivity index (χ1v) is 6.99. The number of nitrogens with zero attached hydrogens (tertiary/aromatic N) is 1. The molecule has 7 heteroatoms. The number of anilines is 1. The molecule has 114 valence electrons. The molecule has 0 spiro atoms. The monoisotopic (exact) mass is 299 g/mol. The summed E-state index contributed by atoms with van der Waals surface area (Å²) in [5.41, 5.74) is 4.21. The Morgan fingerprint density at radius 2 is 2.05 bits per heavy atom. The summed E-state index contributed by atoms with van der Waals surface area (Å²) in [7, 11) is 0. The predicted octanol–water partition coefficient (Wildman–Crippen LogP) is 2.80. The lowest BCUT2D eigenvalue weighted by Gasteiger charge is -2.24. The van der Waals surface area contributed by atoms with Gasteiger partial charge in [0.2, 0.25) is 0 Å². The molecule has 1 aromatic heterocycles. The number of pyridine rings is 1. The van der Waals surface area contributed by atoms with Gasteiger partial charge in [-0.3, -0.25) is 4.79 Å². The van der Waals surface area contributed by atoms with Gasteiger partial charge in [-0.15, -0.1) is 0 Å². The Labute approximate surface area is 119 Å². The first-order chi connectivity index (χ1) is 9.84. The molecular weight excluding hydrogens is 283 g/mol. The molecule has 3 atom stereocenters. The minimum atomic E-state index is -4.54. The molecule has 2 saturated carbocycles. The van der Waals surface area contributed by atoms with Crippen LogP contribution in [0.5, 0.6) is 0 Å². The van der Waals surface area contributed by atoms with E-state index in [1.807, 2.05) is 0 Å². The quantitative estimate of drug-likeness (QED) is 0.901. The van der Waals surface area contributed by atoms with Crippen LogP contribution in [0, 0.1) is 11.8 Å². The Kier molecular flexibility index (Phi) is 3.30. The molecule has 0 radical (unpaired) electrons. The van der Waals surface area contributed by atoms with E-state index < -0.39 is 17.8 Å². The fourth-order valence-electron chi connectivity index (χ4n) is 3.52. The maximum atomic E-state index is 12.8. The second kappa shape index (κ2) is 4.89. The van der Waals surface area contributed by atoms with Gasteiger partial charge < -0.3 is 11.1 Å². The van der Waals surface area contributed by atoms with Crippen molar-refractivity contribution in [1.82, 2.24) is 4.98 Å². The SMILES string of the molecule is NC(=O)c1ccc(C(F)(F)F)nc1NC1CC2CCC1C2. The highest BCUT2D eigenvalue weighted by Gasteiger charge is 2.40. The van der Waals surface area contributed by atoms with Gasteiger partial charge in [0, 0.05) is 6.04 Å². The Hall–Kier alpha value is -1.79. The van der Waals surface area contributed by atoms with Crippen molar-refractivity contribution < 1.29 is 18.0 Å². The summed E-state index contributed by atoms with van der Waals surface area (Å²) in [6.45, 7) is 0. The predicted molar refractivity (Wildman–Crippen MR) is 70.6 cm³/mol. The normalized spacial score (nSPS) is 27.9. The molecule has 2 aliphatic carbocycles. The van der Waals surface area contributed by atoms with Gasteiger partial charge in [0.25, 0.3) is 5.91 Å². The van der Waals surface area contributed by atoms with Crippen molar-refractivity contribution in [3.8, 4) is 0 Å². The number of hydrogen-bond donors (Lipinski definition) is 2. The number of carbonyl (C=O) groups is 1. The molecule has 1 amide bonds. The Morgan fingerprint density at radius 1 is 1.29 bits per heavy atom. The number of fused-ring (bicyclic) bond motifs is 2. The fourth-order valence-corrected chi connectivity index (χ4v) is 3.52.